The lowest BCUT2D eigenvalue weighted by Crippen LogP contribution is -2.48. The van der Waals surface area contributed by atoms with Crippen LogP contribution in [0.4, 0.5) is 0 Å². The van der Waals surface area contributed by atoms with Gasteiger partial charge in [-0.1, -0.05) is 117 Å². The second-order valence-electron chi connectivity index (χ2n) is 17.3. The number of ether oxygens (including phenoxy) is 2. The van der Waals surface area contributed by atoms with Gasteiger partial charge in [0.25, 0.3) is 0 Å². The van der Waals surface area contributed by atoms with Gasteiger partial charge in [0.2, 0.25) is 0 Å². The molecule has 0 spiro atoms. The lowest BCUT2D eigenvalue weighted by Gasteiger charge is -2.43. The van der Waals surface area contributed by atoms with Crippen LogP contribution in [0.1, 0.15) is 101 Å². The van der Waals surface area contributed by atoms with E-state index >= 15 is 0 Å². The summed E-state index contributed by atoms with van der Waals surface area (Å²) in [7, 11) is -2.35. The second-order valence-corrected chi connectivity index (χ2v) is 27.5. The van der Waals surface area contributed by atoms with Crippen molar-refractivity contribution in [1.29, 1.82) is 0 Å². The van der Waals surface area contributed by atoms with Gasteiger partial charge in [-0.05, 0) is 95.1 Å². The summed E-state index contributed by atoms with van der Waals surface area (Å²) in [4.78, 5) is 12.2. The van der Waals surface area contributed by atoms with E-state index in [0.717, 1.165) is 36.9 Å². The predicted octanol–water partition coefficient (Wildman–Crippen LogP) is 11.9. The molecule has 0 saturated carbocycles. The van der Waals surface area contributed by atoms with Gasteiger partial charge in [-0.25, -0.2) is 0 Å². The molecule has 5 nitrogen and oxygen atoms in total. The Kier molecular flexibility index (Phi) is 18.2. The summed E-state index contributed by atoms with van der Waals surface area (Å²) >= 11 is 2.33. The maximum Gasteiger partial charge on any atom is 0.192 e. The third-order valence-corrected chi connectivity index (χ3v) is 20.5. The Labute approximate surface area is 306 Å². The van der Waals surface area contributed by atoms with Gasteiger partial charge in [-0.3, -0.25) is 0 Å². The third-order valence-electron chi connectivity index (χ3n) is 11.1. The highest BCUT2D eigenvalue weighted by Gasteiger charge is 2.43. The molecule has 0 aliphatic heterocycles. The molecule has 0 fully saturated rings. The van der Waals surface area contributed by atoms with E-state index in [0.29, 0.717) is 24.4 Å². The summed E-state index contributed by atoms with van der Waals surface area (Å²) in [5, 5.41) is 0.247. The lowest BCUT2D eigenvalue weighted by molar-refractivity contribution is -0.120. The van der Waals surface area contributed by atoms with Gasteiger partial charge in [-0.2, -0.15) is 0 Å². The molecule has 8 atom stereocenters. The fraction of sp³-hybridized carbons (Fsp3) is 0.769. The van der Waals surface area contributed by atoms with E-state index in [1.165, 1.54) is 0 Å². The number of benzene rings is 1. The minimum atomic E-state index is -2.09. The fourth-order valence-electron chi connectivity index (χ4n) is 5.79. The van der Waals surface area contributed by atoms with Crippen molar-refractivity contribution in [3.8, 4) is 5.75 Å². The maximum absolute atomic E-state index is 12.2. The number of aldehydes is 1. The predicted molar refractivity (Wildman–Crippen MR) is 215 cm³/mol. The van der Waals surface area contributed by atoms with Crippen molar-refractivity contribution in [3.05, 3.63) is 40.0 Å². The molecule has 272 valence electrons. The SMILES string of the molecule is COc1ccc(CO[C@H]([C@@H](C)[C@@H](CC[C@H](C)C[C@H](C)[C@@H](O[Si](C)(C)C(C)(C)C)[C@@H](C)/C=C\I)O[Si](C)(C)C(C)(C)C)[C@@H](C)C=O)cc1. The van der Waals surface area contributed by atoms with Crippen LogP contribution in [-0.4, -0.2) is 48.3 Å². The zero-order valence-electron chi connectivity index (χ0n) is 32.9. The quantitative estimate of drug-likeness (QED) is 0.0747. The first-order valence-corrected chi connectivity index (χ1v) is 24.9. The van der Waals surface area contributed by atoms with Gasteiger partial charge in [-0.15, -0.1) is 0 Å². The Balaban J connectivity index is 3.23. The van der Waals surface area contributed by atoms with Gasteiger partial charge in [0, 0.05) is 11.8 Å². The summed E-state index contributed by atoms with van der Waals surface area (Å²) in [5.74, 6) is 1.91. The molecule has 0 radical (unpaired) electrons. The van der Waals surface area contributed by atoms with Crippen molar-refractivity contribution >= 4 is 45.5 Å². The van der Waals surface area contributed by atoms with E-state index in [1.54, 1.807) is 7.11 Å². The average Bonchev–Trinajstić information content (AvgIpc) is 2.96. The van der Waals surface area contributed by atoms with E-state index in [2.05, 4.69) is 128 Å². The van der Waals surface area contributed by atoms with Gasteiger partial charge < -0.3 is 23.1 Å². The average molecular weight is 803 g/mol. The Morgan fingerprint density at radius 3 is 1.79 bits per heavy atom. The van der Waals surface area contributed by atoms with Crippen LogP contribution in [0.2, 0.25) is 36.3 Å². The maximum atomic E-state index is 12.2. The Morgan fingerprint density at radius 1 is 0.787 bits per heavy atom. The molecule has 1 aromatic carbocycles. The number of carbonyl (C=O) groups excluding carboxylic acids is 1. The van der Waals surface area contributed by atoms with Crippen LogP contribution in [0, 0.1) is 29.6 Å². The van der Waals surface area contributed by atoms with Crippen LogP contribution in [0.25, 0.3) is 0 Å². The van der Waals surface area contributed by atoms with Gasteiger partial charge >= 0.3 is 0 Å². The molecule has 0 aromatic heterocycles. The molecule has 0 amide bonds. The standard InChI is InChI=1S/C39H71IO5Si2/c1-28(25-30(3)36(29(2)23-24-40)45-47(15,16)39(9,10)11)17-22-35(44-46(13,14)38(6,7)8)32(5)37(31(4)26-41)43-27-33-18-20-34(42-12)21-19-33/h18-21,23-24,26,28-32,35-37H,17,22,25,27H2,1-16H3/b24-23-/t28-,29-,30-,31-,32-,35+,36-,37-/m0/s1. The number of hydrogen-bond donors (Lipinski definition) is 0. The molecule has 47 heavy (non-hydrogen) atoms. The molecule has 0 heterocycles. The normalized spacial score (nSPS) is 18.7. The van der Waals surface area contributed by atoms with E-state index in [9.17, 15) is 4.79 Å². The first-order valence-electron chi connectivity index (χ1n) is 17.8. The molecule has 0 unspecified atom stereocenters. The van der Waals surface area contributed by atoms with Gasteiger partial charge in [0.05, 0.1) is 32.0 Å². The van der Waals surface area contributed by atoms with Crippen LogP contribution in [0.15, 0.2) is 34.4 Å². The highest BCUT2D eigenvalue weighted by Crippen LogP contribution is 2.42. The van der Waals surface area contributed by atoms with E-state index in [4.69, 9.17) is 18.3 Å². The highest BCUT2D eigenvalue weighted by molar-refractivity contribution is 14.1. The molecular weight excluding hydrogens is 731 g/mol. The fourth-order valence-corrected chi connectivity index (χ4v) is 9.37. The Morgan fingerprint density at radius 2 is 1.32 bits per heavy atom. The minimum absolute atomic E-state index is 0.00271. The van der Waals surface area contributed by atoms with Crippen molar-refractivity contribution in [3.63, 3.8) is 0 Å². The summed E-state index contributed by atoms with van der Waals surface area (Å²) < 4.78 is 28.3. The summed E-state index contributed by atoms with van der Waals surface area (Å²) in [5.41, 5.74) is 1.06. The number of rotatable bonds is 20. The van der Waals surface area contributed by atoms with Crippen molar-refractivity contribution in [2.75, 3.05) is 7.11 Å². The van der Waals surface area contributed by atoms with E-state index in [1.807, 2.05) is 31.2 Å². The molecular formula is C39H71IO5Si2. The first-order chi connectivity index (χ1) is 21.5. The summed E-state index contributed by atoms with van der Waals surface area (Å²) in [6.07, 6.45) is 6.36. The van der Waals surface area contributed by atoms with Crippen LogP contribution in [-0.2, 0) is 25.0 Å². The smallest absolute Gasteiger partial charge is 0.192 e. The number of halogens is 1. The summed E-state index contributed by atoms with van der Waals surface area (Å²) in [6.45, 7) is 35.0. The zero-order valence-corrected chi connectivity index (χ0v) is 37.1. The number of hydrogen-bond acceptors (Lipinski definition) is 5. The van der Waals surface area contributed by atoms with Crippen molar-refractivity contribution in [2.24, 2.45) is 29.6 Å². The first kappa shape index (κ1) is 44.5. The lowest BCUT2D eigenvalue weighted by atomic mass is 9.83. The Bertz CT molecular complexity index is 1080. The molecule has 0 aliphatic rings. The number of carbonyl (C=O) groups is 1. The van der Waals surface area contributed by atoms with Crippen LogP contribution < -0.4 is 4.74 Å². The number of methoxy groups -OCH3 is 1. The van der Waals surface area contributed by atoms with Gasteiger partial charge in [0.15, 0.2) is 16.6 Å². The van der Waals surface area contributed by atoms with E-state index in [-0.39, 0.29) is 40.2 Å². The highest BCUT2D eigenvalue weighted by atomic mass is 127. The monoisotopic (exact) mass is 802 g/mol. The molecule has 0 aliphatic carbocycles. The third kappa shape index (κ3) is 14.0. The molecule has 1 rings (SSSR count). The molecule has 1 aromatic rings. The molecule has 0 bridgehead atoms. The largest absolute Gasteiger partial charge is 0.497 e. The van der Waals surface area contributed by atoms with Crippen LogP contribution in [0.3, 0.4) is 0 Å². The van der Waals surface area contributed by atoms with Gasteiger partial charge in [0.1, 0.15) is 12.0 Å². The van der Waals surface area contributed by atoms with E-state index < -0.39 is 16.6 Å². The zero-order chi connectivity index (χ0) is 36.4. The van der Waals surface area contributed by atoms with Crippen molar-refractivity contribution in [1.82, 2.24) is 0 Å². The Hall–Kier alpha value is -0.526. The minimum Gasteiger partial charge on any atom is -0.497 e. The topological polar surface area (TPSA) is 54.0 Å². The van der Waals surface area contributed by atoms with Crippen LogP contribution in [0.5, 0.6) is 5.75 Å². The van der Waals surface area contributed by atoms with Crippen molar-refractivity contribution in [2.45, 2.75) is 157 Å². The second kappa shape index (κ2) is 19.2. The van der Waals surface area contributed by atoms with Crippen LogP contribution >= 0.6 is 22.6 Å². The molecule has 0 N–H and O–H groups in total. The molecule has 8 heteroatoms. The molecule has 0 saturated heterocycles. The van der Waals surface area contributed by atoms with Crippen molar-refractivity contribution < 1.29 is 23.1 Å². The summed E-state index contributed by atoms with van der Waals surface area (Å²) in [6, 6.07) is 7.95.